The van der Waals surface area contributed by atoms with Crippen LogP contribution in [0.1, 0.15) is 42.3 Å². The molecule has 0 bridgehead atoms. The highest BCUT2D eigenvalue weighted by Crippen LogP contribution is 2.22. The minimum absolute atomic E-state index is 0.0201. The van der Waals surface area contributed by atoms with E-state index >= 15 is 0 Å². The summed E-state index contributed by atoms with van der Waals surface area (Å²) in [5.74, 6) is 0.0201. The largest absolute Gasteiger partial charge is 0.472 e. The van der Waals surface area contributed by atoms with Gasteiger partial charge in [0.1, 0.15) is 0 Å². The fourth-order valence-electron chi connectivity index (χ4n) is 2.06. The third kappa shape index (κ3) is 3.29. The fourth-order valence-corrected chi connectivity index (χ4v) is 2.06. The molecule has 1 heterocycles. The highest BCUT2D eigenvalue weighted by Gasteiger charge is 2.16. The molecule has 0 aliphatic heterocycles. The Kier molecular flexibility index (Phi) is 3.98. The normalized spacial score (nSPS) is 11.4. The van der Waals surface area contributed by atoms with Gasteiger partial charge in [-0.05, 0) is 29.2 Å². The molecule has 0 fully saturated rings. The number of hydrogen-bond acceptors (Lipinski definition) is 2. The first-order chi connectivity index (χ1) is 9.38. The number of furan rings is 1. The number of hydrogen-bond donors (Lipinski definition) is 0. The van der Waals surface area contributed by atoms with Crippen molar-refractivity contribution in [3.63, 3.8) is 0 Å². The molecule has 0 spiro atoms. The van der Waals surface area contributed by atoms with Crippen LogP contribution in [-0.2, 0) is 12.0 Å². The number of nitrogens with zero attached hydrogens (tertiary/aromatic N) is 1. The van der Waals surface area contributed by atoms with Gasteiger partial charge in [0.2, 0.25) is 0 Å². The number of benzene rings is 1. The van der Waals surface area contributed by atoms with Crippen molar-refractivity contribution in [1.29, 1.82) is 0 Å². The summed E-state index contributed by atoms with van der Waals surface area (Å²) in [7, 11) is 1.80. The molecule has 0 aliphatic rings. The minimum Gasteiger partial charge on any atom is -0.472 e. The molecule has 0 saturated carbocycles. The fraction of sp³-hybridized carbons (Fsp3) is 0.353. The predicted molar refractivity (Wildman–Crippen MR) is 79.6 cm³/mol. The van der Waals surface area contributed by atoms with Crippen LogP contribution in [0.5, 0.6) is 0 Å². The van der Waals surface area contributed by atoms with Gasteiger partial charge in [-0.2, -0.15) is 0 Å². The molecular weight excluding hydrogens is 250 g/mol. The third-order valence-corrected chi connectivity index (χ3v) is 3.34. The molecule has 106 valence electrons. The summed E-state index contributed by atoms with van der Waals surface area (Å²) in [5, 5.41) is 0. The van der Waals surface area contributed by atoms with Crippen LogP contribution in [0.3, 0.4) is 0 Å². The van der Waals surface area contributed by atoms with Crippen molar-refractivity contribution in [2.24, 2.45) is 0 Å². The Hall–Kier alpha value is -2.03. The van der Waals surface area contributed by atoms with Crippen molar-refractivity contribution >= 4 is 5.91 Å². The van der Waals surface area contributed by atoms with Crippen LogP contribution in [-0.4, -0.2) is 17.9 Å². The molecule has 1 aromatic carbocycles. The molecule has 0 atom stereocenters. The monoisotopic (exact) mass is 271 g/mol. The van der Waals surface area contributed by atoms with Crippen molar-refractivity contribution < 1.29 is 9.21 Å². The van der Waals surface area contributed by atoms with Gasteiger partial charge in [-0.15, -0.1) is 0 Å². The van der Waals surface area contributed by atoms with Gasteiger partial charge in [0.05, 0.1) is 12.5 Å². The molecule has 0 aliphatic carbocycles. The van der Waals surface area contributed by atoms with Crippen LogP contribution in [0.2, 0.25) is 0 Å². The number of carbonyl (C=O) groups is 1. The van der Waals surface area contributed by atoms with E-state index in [2.05, 4.69) is 20.8 Å². The van der Waals surface area contributed by atoms with Gasteiger partial charge in [0.15, 0.2) is 0 Å². The van der Waals surface area contributed by atoms with E-state index in [0.29, 0.717) is 12.1 Å². The van der Waals surface area contributed by atoms with Crippen LogP contribution >= 0.6 is 0 Å². The summed E-state index contributed by atoms with van der Waals surface area (Å²) in [4.78, 5) is 14.0. The zero-order chi connectivity index (χ0) is 14.8. The minimum atomic E-state index is 0.0201. The first kappa shape index (κ1) is 14.4. The summed E-state index contributed by atoms with van der Waals surface area (Å²) in [5.41, 5.74) is 3.03. The first-order valence-electron chi connectivity index (χ1n) is 6.75. The highest BCUT2D eigenvalue weighted by atomic mass is 16.3. The Morgan fingerprint density at radius 1 is 1.15 bits per heavy atom. The van der Waals surface area contributed by atoms with Gasteiger partial charge in [0.25, 0.3) is 5.91 Å². The molecule has 2 rings (SSSR count). The van der Waals surface area contributed by atoms with Gasteiger partial charge in [-0.3, -0.25) is 4.79 Å². The zero-order valence-corrected chi connectivity index (χ0v) is 12.5. The number of rotatable bonds is 3. The van der Waals surface area contributed by atoms with E-state index in [0.717, 1.165) is 5.56 Å². The topological polar surface area (TPSA) is 33.5 Å². The predicted octanol–water partition coefficient (Wildman–Crippen LogP) is 3.85. The lowest BCUT2D eigenvalue weighted by atomic mass is 9.86. The lowest BCUT2D eigenvalue weighted by Gasteiger charge is -2.20. The second kappa shape index (κ2) is 5.53. The average Bonchev–Trinajstić information content (AvgIpc) is 2.90. The molecule has 2 aromatic rings. The zero-order valence-electron chi connectivity index (χ0n) is 12.5. The van der Waals surface area contributed by atoms with Crippen LogP contribution in [0.15, 0.2) is 47.3 Å². The van der Waals surface area contributed by atoms with Crippen molar-refractivity contribution in [2.45, 2.75) is 32.7 Å². The van der Waals surface area contributed by atoms with Crippen molar-refractivity contribution in [2.75, 3.05) is 7.05 Å². The Bertz CT molecular complexity index is 562. The molecule has 3 heteroatoms. The van der Waals surface area contributed by atoms with Crippen molar-refractivity contribution in [1.82, 2.24) is 4.90 Å². The highest BCUT2D eigenvalue weighted by molar-refractivity contribution is 5.94. The number of carbonyl (C=O) groups excluding carboxylic acids is 1. The van der Waals surface area contributed by atoms with E-state index in [1.165, 1.54) is 5.56 Å². The molecule has 1 amide bonds. The molecule has 0 radical (unpaired) electrons. The molecule has 1 aromatic heterocycles. The maximum absolute atomic E-state index is 12.3. The maximum atomic E-state index is 12.3. The molecule has 0 N–H and O–H groups in total. The van der Waals surface area contributed by atoms with Crippen LogP contribution in [0, 0.1) is 0 Å². The molecule has 3 nitrogen and oxygen atoms in total. The van der Waals surface area contributed by atoms with Gasteiger partial charge >= 0.3 is 0 Å². The summed E-state index contributed by atoms with van der Waals surface area (Å²) in [6.07, 6.45) is 3.28. The standard InChI is InChI=1S/C17H21NO2/c1-17(2,3)15-7-5-14(6-8-15)16(19)18(4)11-13-9-10-20-12-13/h5-10,12H,11H2,1-4H3. The Balaban J connectivity index is 2.09. The van der Waals surface area contributed by atoms with Gasteiger partial charge in [-0.1, -0.05) is 32.9 Å². The van der Waals surface area contributed by atoms with Crippen LogP contribution in [0.4, 0.5) is 0 Å². The van der Waals surface area contributed by atoms with E-state index < -0.39 is 0 Å². The second-order valence-corrected chi connectivity index (χ2v) is 6.12. The lowest BCUT2D eigenvalue weighted by Crippen LogP contribution is -2.26. The summed E-state index contributed by atoms with van der Waals surface area (Å²) in [6.45, 7) is 7.04. The summed E-state index contributed by atoms with van der Waals surface area (Å²) >= 11 is 0. The molecule has 0 saturated heterocycles. The van der Waals surface area contributed by atoms with E-state index in [1.54, 1.807) is 24.5 Å². The van der Waals surface area contributed by atoms with Crippen molar-refractivity contribution in [3.05, 3.63) is 59.5 Å². The van der Waals surface area contributed by atoms with Crippen molar-refractivity contribution in [3.8, 4) is 0 Å². The first-order valence-corrected chi connectivity index (χ1v) is 6.75. The SMILES string of the molecule is CN(Cc1ccoc1)C(=O)c1ccc(C(C)(C)C)cc1. The Morgan fingerprint density at radius 3 is 2.30 bits per heavy atom. The average molecular weight is 271 g/mol. The van der Waals surface area contributed by atoms with Gasteiger partial charge in [0, 0.05) is 24.7 Å². The van der Waals surface area contributed by atoms with E-state index in [-0.39, 0.29) is 11.3 Å². The quantitative estimate of drug-likeness (QED) is 0.849. The van der Waals surface area contributed by atoms with E-state index in [1.807, 2.05) is 30.3 Å². The van der Waals surface area contributed by atoms with Crippen LogP contribution < -0.4 is 0 Å². The second-order valence-electron chi connectivity index (χ2n) is 6.12. The molecule has 0 unspecified atom stereocenters. The summed E-state index contributed by atoms with van der Waals surface area (Å²) in [6, 6.07) is 9.72. The molecule has 20 heavy (non-hydrogen) atoms. The maximum Gasteiger partial charge on any atom is 0.253 e. The number of amides is 1. The Morgan fingerprint density at radius 2 is 1.80 bits per heavy atom. The smallest absolute Gasteiger partial charge is 0.253 e. The van der Waals surface area contributed by atoms with Gasteiger partial charge < -0.3 is 9.32 Å². The summed E-state index contributed by atoms with van der Waals surface area (Å²) < 4.78 is 5.02. The van der Waals surface area contributed by atoms with Crippen LogP contribution in [0.25, 0.3) is 0 Å². The van der Waals surface area contributed by atoms with E-state index in [9.17, 15) is 4.79 Å². The lowest BCUT2D eigenvalue weighted by molar-refractivity contribution is 0.0785. The van der Waals surface area contributed by atoms with E-state index in [4.69, 9.17) is 4.42 Å². The third-order valence-electron chi connectivity index (χ3n) is 3.34. The van der Waals surface area contributed by atoms with Gasteiger partial charge in [-0.25, -0.2) is 0 Å². The Labute approximate surface area is 120 Å². The molecular formula is C17H21NO2.